The highest BCUT2D eigenvalue weighted by Gasteiger charge is 2.19. The summed E-state index contributed by atoms with van der Waals surface area (Å²) in [6, 6.07) is 12.0. The number of tetrazole rings is 1. The lowest BCUT2D eigenvalue weighted by atomic mass is 10.1. The number of carbonyl (C=O) groups excluding carboxylic acids is 1. The van der Waals surface area contributed by atoms with Gasteiger partial charge in [-0.05, 0) is 72.2 Å². The molecule has 0 saturated heterocycles. The van der Waals surface area contributed by atoms with Crippen LogP contribution in [-0.4, -0.2) is 31.4 Å². The van der Waals surface area contributed by atoms with Crippen molar-refractivity contribution in [2.75, 3.05) is 0 Å². The molecule has 1 amide bonds. The number of thioether (sulfide) groups is 1. The topological polar surface area (TPSA) is 72.7 Å². The van der Waals surface area contributed by atoms with Crippen LogP contribution in [0.15, 0.2) is 47.6 Å². The average molecular weight is 385 g/mol. The molecule has 1 aromatic heterocycles. The van der Waals surface area contributed by atoms with E-state index < -0.39 is 0 Å². The molecule has 0 radical (unpaired) electrons. The fourth-order valence-corrected chi connectivity index (χ4v) is 3.25. The van der Waals surface area contributed by atoms with Gasteiger partial charge in [0.25, 0.3) is 0 Å². The number of halogens is 1. The van der Waals surface area contributed by atoms with Crippen LogP contribution in [0.5, 0.6) is 0 Å². The first kappa shape index (κ1) is 19.0. The van der Waals surface area contributed by atoms with Gasteiger partial charge in [-0.2, -0.15) is 4.68 Å². The van der Waals surface area contributed by atoms with E-state index in [1.807, 2.05) is 32.0 Å². The van der Waals surface area contributed by atoms with E-state index >= 15 is 0 Å². The first-order valence-electron chi connectivity index (χ1n) is 8.49. The lowest BCUT2D eigenvalue weighted by Crippen LogP contribution is -2.30. The Balaban J connectivity index is 1.64. The molecule has 0 saturated carbocycles. The van der Waals surface area contributed by atoms with Crippen LogP contribution in [0.2, 0.25) is 0 Å². The molecule has 3 rings (SSSR count). The van der Waals surface area contributed by atoms with Crippen molar-refractivity contribution in [1.82, 2.24) is 25.5 Å². The van der Waals surface area contributed by atoms with Crippen molar-refractivity contribution in [3.63, 3.8) is 0 Å². The first-order valence-corrected chi connectivity index (χ1v) is 9.37. The van der Waals surface area contributed by atoms with E-state index in [9.17, 15) is 9.18 Å². The third kappa shape index (κ3) is 4.71. The van der Waals surface area contributed by atoms with E-state index in [2.05, 4.69) is 20.8 Å². The molecule has 2 aromatic carbocycles. The van der Waals surface area contributed by atoms with Gasteiger partial charge in [-0.15, -0.1) is 5.10 Å². The molecule has 0 spiro atoms. The van der Waals surface area contributed by atoms with E-state index in [1.165, 1.54) is 29.5 Å². The second-order valence-electron chi connectivity index (χ2n) is 6.25. The molecular formula is C19H20FN5OS. The largest absolute Gasteiger partial charge is 0.351 e. The third-order valence-electron chi connectivity index (χ3n) is 4.21. The molecule has 1 unspecified atom stereocenters. The monoisotopic (exact) mass is 385 g/mol. The second kappa shape index (κ2) is 8.30. The van der Waals surface area contributed by atoms with Crippen LogP contribution in [0.1, 0.15) is 23.6 Å². The minimum absolute atomic E-state index is 0.140. The van der Waals surface area contributed by atoms with Gasteiger partial charge in [0, 0.05) is 6.54 Å². The van der Waals surface area contributed by atoms with Crippen molar-refractivity contribution in [3.8, 4) is 5.69 Å². The Morgan fingerprint density at radius 1 is 1.19 bits per heavy atom. The molecule has 0 aliphatic carbocycles. The standard InChI is InChI=1S/C19H20FN5OS/c1-12-4-9-17(10-13(12)2)25-19(22-23-24-25)27-14(3)18(26)21-11-15-5-7-16(20)8-6-15/h4-10,14H,11H2,1-3H3,(H,21,26). The molecule has 140 valence electrons. The Hall–Kier alpha value is -2.74. The summed E-state index contributed by atoms with van der Waals surface area (Å²) in [5, 5.41) is 14.8. The zero-order valence-corrected chi connectivity index (χ0v) is 16.1. The maximum atomic E-state index is 12.9. The number of benzene rings is 2. The molecule has 0 aliphatic rings. The second-order valence-corrected chi connectivity index (χ2v) is 7.55. The summed E-state index contributed by atoms with van der Waals surface area (Å²) in [6.45, 7) is 6.21. The summed E-state index contributed by atoms with van der Waals surface area (Å²) in [5.74, 6) is -0.439. The summed E-state index contributed by atoms with van der Waals surface area (Å²) in [6.07, 6.45) is 0. The Morgan fingerprint density at radius 2 is 1.93 bits per heavy atom. The van der Waals surface area contributed by atoms with Crippen LogP contribution in [0.4, 0.5) is 4.39 Å². The normalized spacial score (nSPS) is 12.0. The number of carbonyl (C=O) groups is 1. The fraction of sp³-hybridized carbons (Fsp3) is 0.263. The summed E-state index contributed by atoms with van der Waals surface area (Å²) < 4.78 is 14.6. The molecule has 8 heteroatoms. The number of aromatic nitrogens is 4. The third-order valence-corrected chi connectivity index (χ3v) is 5.24. The highest BCUT2D eigenvalue weighted by atomic mass is 32.2. The molecule has 0 aliphatic heterocycles. The Kier molecular flexibility index (Phi) is 5.85. The van der Waals surface area contributed by atoms with Gasteiger partial charge < -0.3 is 5.32 Å². The molecular weight excluding hydrogens is 365 g/mol. The van der Waals surface area contributed by atoms with Crippen molar-refractivity contribution in [1.29, 1.82) is 0 Å². The van der Waals surface area contributed by atoms with Crippen LogP contribution in [0.25, 0.3) is 5.69 Å². The Bertz CT molecular complexity index is 942. The maximum Gasteiger partial charge on any atom is 0.233 e. The van der Waals surface area contributed by atoms with Crippen LogP contribution < -0.4 is 5.32 Å². The van der Waals surface area contributed by atoms with Crippen molar-refractivity contribution < 1.29 is 9.18 Å². The number of amides is 1. The first-order chi connectivity index (χ1) is 12.9. The highest BCUT2D eigenvalue weighted by molar-refractivity contribution is 8.00. The predicted molar refractivity (Wildman–Crippen MR) is 102 cm³/mol. The zero-order chi connectivity index (χ0) is 19.4. The molecule has 0 fully saturated rings. The van der Waals surface area contributed by atoms with Crippen molar-refractivity contribution >= 4 is 17.7 Å². The maximum absolute atomic E-state index is 12.9. The van der Waals surface area contributed by atoms with Gasteiger partial charge in [0.1, 0.15) is 5.82 Å². The number of rotatable bonds is 6. The quantitative estimate of drug-likeness (QED) is 0.660. The van der Waals surface area contributed by atoms with Crippen LogP contribution in [-0.2, 0) is 11.3 Å². The van der Waals surface area contributed by atoms with Crippen molar-refractivity contribution in [2.45, 2.75) is 37.7 Å². The van der Waals surface area contributed by atoms with E-state index in [0.29, 0.717) is 11.7 Å². The zero-order valence-electron chi connectivity index (χ0n) is 15.3. The lowest BCUT2D eigenvalue weighted by molar-refractivity contribution is -0.120. The molecule has 3 aromatic rings. The van der Waals surface area contributed by atoms with E-state index in [0.717, 1.165) is 16.8 Å². The van der Waals surface area contributed by atoms with Gasteiger partial charge >= 0.3 is 0 Å². The van der Waals surface area contributed by atoms with Gasteiger partial charge in [-0.1, -0.05) is 30.0 Å². The predicted octanol–water partition coefficient (Wildman–Crippen LogP) is 3.22. The SMILES string of the molecule is Cc1ccc(-n2nnnc2SC(C)C(=O)NCc2ccc(F)cc2)cc1C. The molecule has 0 bridgehead atoms. The minimum atomic E-state index is -0.387. The molecule has 1 atom stereocenters. The average Bonchev–Trinajstić information content (AvgIpc) is 3.11. The van der Waals surface area contributed by atoms with Crippen LogP contribution in [0.3, 0.4) is 0 Å². The Morgan fingerprint density at radius 3 is 2.63 bits per heavy atom. The summed E-state index contributed by atoms with van der Waals surface area (Å²) in [4.78, 5) is 12.4. The van der Waals surface area contributed by atoms with Crippen molar-refractivity contribution in [3.05, 3.63) is 65.0 Å². The van der Waals surface area contributed by atoms with Crippen molar-refractivity contribution in [2.24, 2.45) is 0 Å². The van der Waals surface area contributed by atoms with Gasteiger partial charge in [-0.3, -0.25) is 4.79 Å². The molecule has 1 N–H and O–H groups in total. The number of nitrogens with zero attached hydrogens (tertiary/aromatic N) is 4. The molecule has 6 nitrogen and oxygen atoms in total. The van der Waals surface area contributed by atoms with Gasteiger partial charge in [0.05, 0.1) is 10.9 Å². The summed E-state index contributed by atoms with van der Waals surface area (Å²) >= 11 is 1.28. The number of nitrogens with one attached hydrogen (secondary N) is 1. The Labute approximate surface area is 161 Å². The summed E-state index contributed by atoms with van der Waals surface area (Å²) in [7, 11) is 0. The smallest absolute Gasteiger partial charge is 0.233 e. The molecule has 27 heavy (non-hydrogen) atoms. The van der Waals surface area contributed by atoms with E-state index in [4.69, 9.17) is 0 Å². The van der Waals surface area contributed by atoms with Crippen LogP contribution >= 0.6 is 11.8 Å². The number of hydrogen-bond donors (Lipinski definition) is 1. The van der Waals surface area contributed by atoms with Gasteiger partial charge in [0.2, 0.25) is 11.1 Å². The van der Waals surface area contributed by atoms with E-state index in [-0.39, 0.29) is 17.0 Å². The minimum Gasteiger partial charge on any atom is -0.351 e. The fourth-order valence-electron chi connectivity index (χ4n) is 2.42. The number of aryl methyl sites for hydroxylation is 2. The number of hydrogen-bond acceptors (Lipinski definition) is 5. The summed E-state index contributed by atoms with van der Waals surface area (Å²) in [5.41, 5.74) is 4.02. The highest BCUT2D eigenvalue weighted by Crippen LogP contribution is 2.24. The molecule has 1 heterocycles. The lowest BCUT2D eigenvalue weighted by Gasteiger charge is -2.12. The van der Waals surface area contributed by atoms with Crippen LogP contribution in [0, 0.1) is 19.7 Å². The van der Waals surface area contributed by atoms with E-state index in [1.54, 1.807) is 23.7 Å². The van der Waals surface area contributed by atoms with Gasteiger partial charge in [-0.25, -0.2) is 4.39 Å². The van der Waals surface area contributed by atoms with Gasteiger partial charge in [0.15, 0.2) is 0 Å².